The summed E-state index contributed by atoms with van der Waals surface area (Å²) >= 11 is 0. The number of aryl methyl sites for hydroxylation is 1. The van der Waals surface area contributed by atoms with Crippen LogP contribution in [-0.2, 0) is 17.8 Å². The van der Waals surface area contributed by atoms with E-state index in [9.17, 15) is 0 Å². The number of imidazole rings is 1. The second-order valence-corrected chi connectivity index (χ2v) is 7.84. The lowest BCUT2D eigenvalue weighted by molar-refractivity contribution is 0.138. The normalized spacial score (nSPS) is 16.1. The zero-order valence-electron chi connectivity index (χ0n) is 17.1. The Bertz CT molecular complexity index is 892. The Labute approximate surface area is 168 Å². The van der Waals surface area contributed by atoms with Gasteiger partial charge in [-0.05, 0) is 57.5 Å². The highest BCUT2D eigenvalue weighted by Crippen LogP contribution is 2.30. The van der Waals surface area contributed by atoms with Crippen LogP contribution in [-0.4, -0.2) is 40.8 Å². The molecule has 0 aliphatic carbocycles. The maximum absolute atomic E-state index is 5.63. The molecule has 1 saturated heterocycles. The average molecular weight is 378 g/mol. The van der Waals surface area contributed by atoms with Gasteiger partial charge in [0.15, 0.2) is 0 Å². The van der Waals surface area contributed by atoms with Crippen molar-refractivity contribution in [2.45, 2.75) is 45.7 Å². The van der Waals surface area contributed by atoms with Gasteiger partial charge in [-0.15, -0.1) is 0 Å². The van der Waals surface area contributed by atoms with E-state index in [4.69, 9.17) is 9.72 Å². The highest BCUT2D eigenvalue weighted by Gasteiger charge is 2.25. The van der Waals surface area contributed by atoms with Gasteiger partial charge in [0, 0.05) is 25.6 Å². The molecule has 3 aromatic rings. The lowest BCUT2D eigenvalue weighted by Gasteiger charge is -2.32. The number of aromatic nitrogens is 2. The van der Waals surface area contributed by atoms with Crippen molar-refractivity contribution in [3.05, 3.63) is 65.5 Å². The van der Waals surface area contributed by atoms with E-state index in [1.54, 1.807) is 0 Å². The van der Waals surface area contributed by atoms with Gasteiger partial charge in [0.25, 0.3) is 0 Å². The molecule has 2 aromatic carbocycles. The topological polar surface area (TPSA) is 30.3 Å². The van der Waals surface area contributed by atoms with Crippen molar-refractivity contribution < 1.29 is 4.74 Å². The third-order valence-electron chi connectivity index (χ3n) is 5.83. The van der Waals surface area contributed by atoms with E-state index in [1.807, 2.05) is 0 Å². The van der Waals surface area contributed by atoms with Crippen molar-refractivity contribution in [2.24, 2.45) is 0 Å². The Hall–Kier alpha value is -2.17. The monoisotopic (exact) mass is 377 g/mol. The van der Waals surface area contributed by atoms with Crippen LogP contribution in [0.15, 0.2) is 48.5 Å². The molecule has 148 valence electrons. The van der Waals surface area contributed by atoms with Crippen LogP contribution in [0.4, 0.5) is 0 Å². The number of hydrogen-bond donors (Lipinski definition) is 0. The molecule has 4 heteroatoms. The van der Waals surface area contributed by atoms with Gasteiger partial charge in [-0.3, -0.25) is 4.90 Å². The molecule has 2 heterocycles. The third kappa shape index (κ3) is 4.29. The predicted octanol–water partition coefficient (Wildman–Crippen LogP) is 4.76. The number of rotatable bonds is 7. The van der Waals surface area contributed by atoms with Gasteiger partial charge in [0.2, 0.25) is 0 Å². The van der Waals surface area contributed by atoms with E-state index in [2.05, 4.69) is 71.8 Å². The first-order valence-electron chi connectivity index (χ1n) is 10.6. The Morgan fingerprint density at radius 1 is 1.04 bits per heavy atom. The summed E-state index contributed by atoms with van der Waals surface area (Å²) in [6, 6.07) is 17.4. The summed E-state index contributed by atoms with van der Waals surface area (Å²) < 4.78 is 8.03. The first-order chi connectivity index (χ1) is 13.7. The molecule has 0 amide bonds. The van der Waals surface area contributed by atoms with E-state index >= 15 is 0 Å². The van der Waals surface area contributed by atoms with Gasteiger partial charge in [-0.1, -0.05) is 42.0 Å². The van der Waals surface area contributed by atoms with Crippen molar-refractivity contribution in [1.82, 2.24) is 14.5 Å². The number of para-hydroxylation sites is 2. The fourth-order valence-electron chi connectivity index (χ4n) is 4.24. The van der Waals surface area contributed by atoms with Crippen LogP contribution < -0.4 is 0 Å². The fourth-order valence-corrected chi connectivity index (χ4v) is 4.24. The van der Waals surface area contributed by atoms with E-state index in [0.717, 1.165) is 44.9 Å². The van der Waals surface area contributed by atoms with E-state index in [1.165, 1.54) is 35.3 Å². The fraction of sp³-hybridized carbons (Fsp3) is 0.458. The molecular weight excluding hydrogens is 346 g/mol. The van der Waals surface area contributed by atoms with Crippen LogP contribution in [0, 0.1) is 6.92 Å². The summed E-state index contributed by atoms with van der Waals surface area (Å²) in [5, 5.41) is 0. The standard InChI is InChI=1S/C24H31N3O/c1-3-28-17-16-27-23-7-5-4-6-22(23)25-24(27)21-12-14-26(15-13-21)18-20-10-8-19(2)9-11-20/h4-11,21H,3,12-18H2,1-2H3. The number of fused-ring (bicyclic) bond motifs is 1. The number of hydrogen-bond acceptors (Lipinski definition) is 3. The van der Waals surface area contributed by atoms with Crippen molar-refractivity contribution in [2.75, 3.05) is 26.3 Å². The number of nitrogens with zero attached hydrogens (tertiary/aromatic N) is 3. The summed E-state index contributed by atoms with van der Waals surface area (Å²) in [4.78, 5) is 7.60. The molecule has 0 atom stereocenters. The van der Waals surface area contributed by atoms with Gasteiger partial charge in [0.1, 0.15) is 5.82 Å². The second-order valence-electron chi connectivity index (χ2n) is 7.84. The zero-order valence-corrected chi connectivity index (χ0v) is 17.1. The van der Waals surface area contributed by atoms with Crippen molar-refractivity contribution >= 4 is 11.0 Å². The first kappa shape index (κ1) is 19.2. The highest BCUT2D eigenvalue weighted by molar-refractivity contribution is 5.76. The lowest BCUT2D eigenvalue weighted by Crippen LogP contribution is -2.33. The van der Waals surface area contributed by atoms with Gasteiger partial charge in [0.05, 0.1) is 17.6 Å². The number of likely N-dealkylation sites (tertiary alicyclic amines) is 1. The zero-order chi connectivity index (χ0) is 19.3. The molecule has 1 fully saturated rings. The van der Waals surface area contributed by atoms with Crippen LogP contribution in [0.25, 0.3) is 11.0 Å². The summed E-state index contributed by atoms with van der Waals surface area (Å²) in [6.45, 7) is 9.90. The molecule has 0 N–H and O–H groups in total. The van der Waals surface area contributed by atoms with Crippen LogP contribution in [0.3, 0.4) is 0 Å². The molecule has 4 rings (SSSR count). The highest BCUT2D eigenvalue weighted by atomic mass is 16.5. The van der Waals surface area contributed by atoms with Crippen molar-refractivity contribution in [3.63, 3.8) is 0 Å². The second kappa shape index (κ2) is 8.89. The van der Waals surface area contributed by atoms with Gasteiger partial charge >= 0.3 is 0 Å². The van der Waals surface area contributed by atoms with Gasteiger partial charge in [-0.25, -0.2) is 4.98 Å². The molecule has 0 radical (unpaired) electrons. The molecule has 0 spiro atoms. The Morgan fingerprint density at radius 3 is 2.54 bits per heavy atom. The number of benzene rings is 2. The minimum absolute atomic E-state index is 0.531. The lowest BCUT2D eigenvalue weighted by atomic mass is 9.95. The van der Waals surface area contributed by atoms with Crippen molar-refractivity contribution in [1.29, 1.82) is 0 Å². The largest absolute Gasteiger partial charge is 0.380 e. The van der Waals surface area contributed by atoms with E-state index in [-0.39, 0.29) is 0 Å². The quantitative estimate of drug-likeness (QED) is 0.556. The first-order valence-corrected chi connectivity index (χ1v) is 10.6. The molecule has 0 saturated carbocycles. The Kier molecular flexibility index (Phi) is 6.08. The van der Waals surface area contributed by atoms with E-state index in [0.29, 0.717) is 5.92 Å². The Morgan fingerprint density at radius 2 is 1.79 bits per heavy atom. The summed E-state index contributed by atoms with van der Waals surface area (Å²) in [5.74, 6) is 1.78. The summed E-state index contributed by atoms with van der Waals surface area (Å²) in [7, 11) is 0. The smallest absolute Gasteiger partial charge is 0.113 e. The molecule has 0 unspecified atom stereocenters. The molecular formula is C24H31N3O. The van der Waals surface area contributed by atoms with Crippen LogP contribution in [0.5, 0.6) is 0 Å². The molecule has 0 bridgehead atoms. The van der Waals surface area contributed by atoms with Crippen LogP contribution >= 0.6 is 0 Å². The maximum Gasteiger partial charge on any atom is 0.113 e. The minimum atomic E-state index is 0.531. The molecule has 4 nitrogen and oxygen atoms in total. The third-order valence-corrected chi connectivity index (χ3v) is 5.83. The van der Waals surface area contributed by atoms with Gasteiger partial charge in [-0.2, -0.15) is 0 Å². The molecule has 28 heavy (non-hydrogen) atoms. The number of ether oxygens (including phenoxy) is 1. The predicted molar refractivity (Wildman–Crippen MR) is 115 cm³/mol. The van der Waals surface area contributed by atoms with Crippen LogP contribution in [0.1, 0.15) is 42.6 Å². The van der Waals surface area contributed by atoms with Gasteiger partial charge < -0.3 is 9.30 Å². The maximum atomic E-state index is 5.63. The average Bonchev–Trinajstić information content (AvgIpc) is 3.09. The van der Waals surface area contributed by atoms with Crippen LogP contribution in [0.2, 0.25) is 0 Å². The van der Waals surface area contributed by atoms with Crippen molar-refractivity contribution in [3.8, 4) is 0 Å². The summed E-state index contributed by atoms with van der Waals surface area (Å²) in [6.07, 6.45) is 2.34. The molecule has 1 aromatic heterocycles. The SMILES string of the molecule is CCOCCn1c(C2CCN(Cc3ccc(C)cc3)CC2)nc2ccccc21. The van der Waals surface area contributed by atoms with E-state index < -0.39 is 0 Å². The Balaban J connectivity index is 1.45. The minimum Gasteiger partial charge on any atom is -0.380 e. The number of piperidine rings is 1. The molecule has 1 aliphatic rings. The summed E-state index contributed by atoms with van der Waals surface area (Å²) in [5.41, 5.74) is 5.08. The molecule has 1 aliphatic heterocycles.